The van der Waals surface area contributed by atoms with E-state index in [0.29, 0.717) is 23.9 Å². The van der Waals surface area contributed by atoms with E-state index in [2.05, 4.69) is 29.0 Å². The van der Waals surface area contributed by atoms with Crippen LogP contribution in [0.25, 0.3) is 0 Å². The summed E-state index contributed by atoms with van der Waals surface area (Å²) in [4.78, 5) is 18.8. The Morgan fingerprint density at radius 2 is 2.29 bits per heavy atom. The maximum atomic E-state index is 12.2. The standard InChI is InChI=1S/C15H24N4O2/c1-10(2)13-8-19-7-11(6-12(19)9-21-13)17-15(20)14-16-4-5-18(14)3/h4-5,10-13H,6-9H2,1-3H3,(H,17,20)/t11-,12-,13+/m0/s1. The zero-order valence-electron chi connectivity index (χ0n) is 13.0. The minimum atomic E-state index is -0.0892. The molecule has 2 aliphatic heterocycles. The highest BCUT2D eigenvalue weighted by molar-refractivity contribution is 5.91. The van der Waals surface area contributed by atoms with Crippen LogP contribution in [0.15, 0.2) is 12.4 Å². The minimum Gasteiger partial charge on any atom is -0.375 e. The first-order valence-corrected chi connectivity index (χ1v) is 7.68. The second-order valence-corrected chi connectivity index (χ2v) is 6.49. The van der Waals surface area contributed by atoms with Crippen molar-refractivity contribution in [2.24, 2.45) is 13.0 Å². The van der Waals surface area contributed by atoms with Gasteiger partial charge < -0.3 is 14.6 Å². The summed E-state index contributed by atoms with van der Waals surface area (Å²) in [7, 11) is 1.83. The molecule has 0 aromatic carbocycles. The number of ether oxygens (including phenoxy) is 1. The largest absolute Gasteiger partial charge is 0.375 e. The van der Waals surface area contributed by atoms with E-state index < -0.39 is 0 Å². The molecule has 0 spiro atoms. The third-order valence-electron chi connectivity index (χ3n) is 4.55. The monoisotopic (exact) mass is 292 g/mol. The van der Waals surface area contributed by atoms with Gasteiger partial charge in [-0.3, -0.25) is 9.69 Å². The van der Waals surface area contributed by atoms with Gasteiger partial charge in [0, 0.05) is 44.6 Å². The van der Waals surface area contributed by atoms with Gasteiger partial charge in [-0.2, -0.15) is 0 Å². The maximum Gasteiger partial charge on any atom is 0.287 e. The van der Waals surface area contributed by atoms with Crippen LogP contribution in [-0.2, 0) is 11.8 Å². The van der Waals surface area contributed by atoms with Crippen LogP contribution < -0.4 is 5.32 Å². The van der Waals surface area contributed by atoms with Crippen molar-refractivity contribution in [3.63, 3.8) is 0 Å². The van der Waals surface area contributed by atoms with Gasteiger partial charge in [-0.05, 0) is 12.3 Å². The highest BCUT2D eigenvalue weighted by atomic mass is 16.5. The molecular weight excluding hydrogens is 268 g/mol. The summed E-state index contributed by atoms with van der Waals surface area (Å²) in [6.45, 7) is 7.05. The Balaban J connectivity index is 1.58. The first kappa shape index (κ1) is 14.5. The van der Waals surface area contributed by atoms with E-state index >= 15 is 0 Å². The molecule has 6 heteroatoms. The molecule has 116 valence electrons. The number of fused-ring (bicyclic) bond motifs is 1. The predicted molar refractivity (Wildman–Crippen MR) is 79.0 cm³/mol. The van der Waals surface area contributed by atoms with Crippen LogP contribution in [0, 0.1) is 5.92 Å². The van der Waals surface area contributed by atoms with E-state index in [1.165, 1.54) is 0 Å². The summed E-state index contributed by atoms with van der Waals surface area (Å²) in [5.41, 5.74) is 0. The molecule has 0 saturated carbocycles. The molecule has 3 rings (SSSR count). The molecule has 1 amide bonds. The number of hydrogen-bond donors (Lipinski definition) is 1. The molecular formula is C15H24N4O2. The SMILES string of the molecule is CC(C)[C@H]1CN2C[C@@H](NC(=O)c3nccn3C)C[C@H]2CO1. The summed E-state index contributed by atoms with van der Waals surface area (Å²) in [6, 6.07) is 0.625. The summed E-state index contributed by atoms with van der Waals surface area (Å²) >= 11 is 0. The van der Waals surface area contributed by atoms with E-state index in [1.54, 1.807) is 17.0 Å². The Bertz CT molecular complexity index is 514. The lowest BCUT2D eigenvalue weighted by Gasteiger charge is -2.36. The molecule has 21 heavy (non-hydrogen) atoms. The average Bonchev–Trinajstić information content (AvgIpc) is 3.02. The van der Waals surface area contributed by atoms with Gasteiger partial charge in [0.05, 0.1) is 12.7 Å². The van der Waals surface area contributed by atoms with Crippen LogP contribution in [0.2, 0.25) is 0 Å². The number of morpholine rings is 1. The Morgan fingerprint density at radius 3 is 2.95 bits per heavy atom. The molecule has 0 radical (unpaired) electrons. The van der Waals surface area contributed by atoms with Crippen LogP contribution in [0.1, 0.15) is 30.9 Å². The Morgan fingerprint density at radius 1 is 1.48 bits per heavy atom. The molecule has 2 fully saturated rings. The number of amides is 1. The lowest BCUT2D eigenvalue weighted by Crippen LogP contribution is -2.48. The summed E-state index contributed by atoms with van der Waals surface area (Å²) in [5.74, 6) is 0.914. The highest BCUT2D eigenvalue weighted by Gasteiger charge is 2.38. The molecule has 2 saturated heterocycles. The van der Waals surface area contributed by atoms with Crippen LogP contribution in [0.4, 0.5) is 0 Å². The molecule has 2 aliphatic rings. The minimum absolute atomic E-state index is 0.0892. The Labute approximate surface area is 125 Å². The zero-order valence-corrected chi connectivity index (χ0v) is 13.0. The van der Waals surface area contributed by atoms with E-state index in [9.17, 15) is 4.79 Å². The third-order valence-corrected chi connectivity index (χ3v) is 4.55. The lowest BCUT2D eigenvalue weighted by molar-refractivity contribution is -0.0683. The van der Waals surface area contributed by atoms with Crippen LogP contribution >= 0.6 is 0 Å². The summed E-state index contributed by atoms with van der Waals surface area (Å²) < 4.78 is 7.67. The van der Waals surface area contributed by atoms with Gasteiger partial charge in [-0.1, -0.05) is 13.8 Å². The van der Waals surface area contributed by atoms with E-state index in [4.69, 9.17) is 4.74 Å². The smallest absolute Gasteiger partial charge is 0.287 e. The molecule has 1 aromatic heterocycles. The van der Waals surface area contributed by atoms with Crippen LogP contribution in [-0.4, -0.2) is 58.2 Å². The van der Waals surface area contributed by atoms with Gasteiger partial charge in [0.25, 0.3) is 5.91 Å². The van der Waals surface area contributed by atoms with Crippen molar-refractivity contribution in [2.45, 2.75) is 38.5 Å². The molecule has 1 N–H and O–H groups in total. The van der Waals surface area contributed by atoms with Gasteiger partial charge >= 0.3 is 0 Å². The van der Waals surface area contributed by atoms with E-state index in [-0.39, 0.29) is 11.9 Å². The van der Waals surface area contributed by atoms with Crippen molar-refractivity contribution in [1.29, 1.82) is 0 Å². The van der Waals surface area contributed by atoms with Crippen LogP contribution in [0.5, 0.6) is 0 Å². The lowest BCUT2D eigenvalue weighted by atomic mass is 10.0. The van der Waals surface area contributed by atoms with Crippen molar-refractivity contribution in [3.05, 3.63) is 18.2 Å². The van der Waals surface area contributed by atoms with Crippen molar-refractivity contribution < 1.29 is 9.53 Å². The van der Waals surface area contributed by atoms with Crippen molar-refractivity contribution >= 4 is 5.91 Å². The van der Waals surface area contributed by atoms with Gasteiger partial charge in [0.2, 0.25) is 0 Å². The number of carbonyl (C=O) groups is 1. The molecule has 3 heterocycles. The molecule has 0 bridgehead atoms. The van der Waals surface area contributed by atoms with E-state index in [1.807, 2.05) is 7.05 Å². The molecule has 1 aromatic rings. The number of nitrogens with one attached hydrogen (secondary N) is 1. The number of nitrogens with zero attached hydrogens (tertiary/aromatic N) is 3. The van der Waals surface area contributed by atoms with E-state index in [0.717, 1.165) is 26.1 Å². The highest BCUT2D eigenvalue weighted by Crippen LogP contribution is 2.25. The Hall–Kier alpha value is -1.40. The van der Waals surface area contributed by atoms with Crippen LogP contribution in [0.3, 0.4) is 0 Å². The number of hydrogen-bond acceptors (Lipinski definition) is 4. The fraction of sp³-hybridized carbons (Fsp3) is 0.733. The number of aryl methyl sites for hydroxylation is 1. The van der Waals surface area contributed by atoms with Gasteiger partial charge in [0.15, 0.2) is 5.82 Å². The van der Waals surface area contributed by atoms with Gasteiger partial charge in [0.1, 0.15) is 0 Å². The Kier molecular flexibility index (Phi) is 3.99. The van der Waals surface area contributed by atoms with Crippen molar-refractivity contribution in [1.82, 2.24) is 19.8 Å². The summed E-state index contributed by atoms with van der Waals surface area (Å²) in [5, 5.41) is 3.10. The first-order chi connectivity index (χ1) is 10.0. The fourth-order valence-electron chi connectivity index (χ4n) is 3.24. The van der Waals surface area contributed by atoms with Crippen molar-refractivity contribution in [2.75, 3.05) is 19.7 Å². The average molecular weight is 292 g/mol. The molecule has 6 nitrogen and oxygen atoms in total. The fourth-order valence-corrected chi connectivity index (χ4v) is 3.24. The zero-order chi connectivity index (χ0) is 15.0. The summed E-state index contributed by atoms with van der Waals surface area (Å²) in [6.07, 6.45) is 4.70. The number of aromatic nitrogens is 2. The number of carbonyl (C=O) groups excluding carboxylic acids is 1. The molecule has 3 atom stereocenters. The van der Waals surface area contributed by atoms with Gasteiger partial charge in [-0.25, -0.2) is 4.98 Å². The first-order valence-electron chi connectivity index (χ1n) is 7.68. The normalized spacial score (nSPS) is 29.6. The van der Waals surface area contributed by atoms with Crippen molar-refractivity contribution in [3.8, 4) is 0 Å². The number of rotatable bonds is 3. The molecule has 0 aliphatic carbocycles. The third kappa shape index (κ3) is 2.96. The predicted octanol–water partition coefficient (Wildman–Crippen LogP) is 0.648. The second-order valence-electron chi connectivity index (χ2n) is 6.49. The molecule has 0 unspecified atom stereocenters. The quantitative estimate of drug-likeness (QED) is 0.888. The number of imidazole rings is 1. The second kappa shape index (κ2) is 5.77. The topological polar surface area (TPSA) is 59.4 Å². The maximum absolute atomic E-state index is 12.2. The van der Waals surface area contributed by atoms with Gasteiger partial charge in [-0.15, -0.1) is 0 Å².